The van der Waals surface area contributed by atoms with Gasteiger partial charge >= 0.3 is 6.18 Å². The summed E-state index contributed by atoms with van der Waals surface area (Å²) in [5, 5.41) is 6.87. The number of hydrogen-bond acceptors (Lipinski definition) is 6. The van der Waals surface area contributed by atoms with Crippen molar-refractivity contribution < 1.29 is 27.2 Å². The number of alkyl halides is 3. The highest BCUT2D eigenvalue weighted by Crippen LogP contribution is 2.50. The van der Waals surface area contributed by atoms with Gasteiger partial charge in [0.1, 0.15) is 5.52 Å². The SMILES string of the molecule is Cc1nc2c(C3=NOC(c4cc(Cl)cc(Cl)c4)(C(F)(F)F)C3)ccc(C(=O)NC3(C)CSC3)c2o1. The Kier molecular flexibility index (Phi) is 5.77. The molecular weight excluding hydrogens is 526 g/mol. The number of nitrogens with zero attached hydrogens (tertiary/aromatic N) is 2. The summed E-state index contributed by atoms with van der Waals surface area (Å²) in [6.07, 6.45) is -5.48. The van der Waals surface area contributed by atoms with Crippen LogP contribution < -0.4 is 5.32 Å². The fraction of sp³-hybridized carbons (Fsp3) is 0.348. The fourth-order valence-corrected chi connectivity index (χ4v) is 5.67. The molecule has 0 radical (unpaired) electrons. The molecule has 1 saturated heterocycles. The summed E-state index contributed by atoms with van der Waals surface area (Å²) in [6.45, 7) is 3.54. The van der Waals surface area contributed by atoms with E-state index in [1.54, 1.807) is 18.7 Å². The lowest BCUT2D eigenvalue weighted by atomic mass is 9.86. The van der Waals surface area contributed by atoms with Gasteiger partial charge in [-0.15, -0.1) is 0 Å². The van der Waals surface area contributed by atoms with E-state index in [-0.39, 0.29) is 60.9 Å². The smallest absolute Gasteiger partial charge is 0.435 e. The number of aromatic nitrogens is 1. The number of fused-ring (bicyclic) bond motifs is 1. The highest BCUT2D eigenvalue weighted by molar-refractivity contribution is 8.00. The largest absolute Gasteiger partial charge is 0.440 e. The van der Waals surface area contributed by atoms with Crippen LogP contribution in [0.4, 0.5) is 13.2 Å². The Morgan fingerprint density at radius 3 is 2.46 bits per heavy atom. The second-order valence-corrected chi connectivity index (χ2v) is 10.7. The lowest BCUT2D eigenvalue weighted by Crippen LogP contribution is -2.55. The Labute approximate surface area is 212 Å². The van der Waals surface area contributed by atoms with Crippen molar-refractivity contribution >= 4 is 57.7 Å². The van der Waals surface area contributed by atoms with Crippen LogP contribution in [0.15, 0.2) is 39.9 Å². The van der Waals surface area contributed by atoms with E-state index in [9.17, 15) is 18.0 Å². The number of oxime groups is 1. The Morgan fingerprint density at radius 1 is 1.17 bits per heavy atom. The van der Waals surface area contributed by atoms with E-state index in [1.807, 2.05) is 6.92 Å². The maximum absolute atomic E-state index is 14.4. The maximum atomic E-state index is 14.4. The van der Waals surface area contributed by atoms with Crippen LogP contribution in [-0.2, 0) is 10.4 Å². The minimum Gasteiger partial charge on any atom is -0.440 e. The van der Waals surface area contributed by atoms with Gasteiger partial charge in [-0.3, -0.25) is 4.79 Å². The second-order valence-electron chi connectivity index (χ2n) is 8.87. The molecule has 2 aromatic carbocycles. The van der Waals surface area contributed by atoms with Crippen molar-refractivity contribution in [3.63, 3.8) is 0 Å². The summed E-state index contributed by atoms with van der Waals surface area (Å²) in [4.78, 5) is 22.4. The van der Waals surface area contributed by atoms with Gasteiger partial charge in [-0.25, -0.2) is 4.98 Å². The number of halogens is 5. The number of thioether (sulfide) groups is 1. The quantitative estimate of drug-likeness (QED) is 0.420. The summed E-state index contributed by atoms with van der Waals surface area (Å²) in [5.74, 6) is 1.49. The Hall–Kier alpha value is -2.43. The highest BCUT2D eigenvalue weighted by atomic mass is 35.5. The van der Waals surface area contributed by atoms with Crippen molar-refractivity contribution in [1.82, 2.24) is 10.3 Å². The zero-order chi connectivity index (χ0) is 25.2. The molecule has 184 valence electrons. The van der Waals surface area contributed by atoms with Gasteiger partial charge in [0.15, 0.2) is 11.5 Å². The van der Waals surface area contributed by atoms with Crippen LogP contribution >= 0.6 is 35.0 Å². The maximum Gasteiger partial charge on any atom is 0.435 e. The molecule has 0 aliphatic carbocycles. The van der Waals surface area contributed by atoms with Crippen LogP contribution in [-0.4, -0.2) is 39.8 Å². The molecule has 0 saturated carbocycles. The molecular formula is C23H18Cl2F3N3O3S. The molecule has 0 spiro atoms. The van der Waals surface area contributed by atoms with E-state index in [1.165, 1.54) is 18.2 Å². The average molecular weight is 544 g/mol. The van der Waals surface area contributed by atoms with E-state index in [4.69, 9.17) is 32.5 Å². The van der Waals surface area contributed by atoms with Crippen LogP contribution in [0.25, 0.3) is 11.1 Å². The fourth-order valence-electron chi connectivity index (χ4n) is 4.18. The molecule has 6 nitrogen and oxygen atoms in total. The highest BCUT2D eigenvalue weighted by Gasteiger charge is 2.62. The van der Waals surface area contributed by atoms with Gasteiger partial charge < -0.3 is 14.6 Å². The first kappa shape index (κ1) is 24.3. The normalized spacial score (nSPS) is 21.4. The van der Waals surface area contributed by atoms with Gasteiger partial charge in [0.05, 0.1) is 23.2 Å². The first-order valence-corrected chi connectivity index (χ1v) is 12.4. The first-order chi connectivity index (χ1) is 16.4. The first-order valence-electron chi connectivity index (χ1n) is 10.5. The van der Waals surface area contributed by atoms with Crippen molar-refractivity contribution in [2.45, 2.75) is 37.6 Å². The minimum atomic E-state index is -4.83. The van der Waals surface area contributed by atoms with Crippen molar-refractivity contribution in [2.24, 2.45) is 5.16 Å². The lowest BCUT2D eigenvalue weighted by molar-refractivity contribution is -0.275. The summed E-state index contributed by atoms with van der Waals surface area (Å²) < 4.78 is 48.8. The Balaban J connectivity index is 1.54. The predicted octanol–water partition coefficient (Wildman–Crippen LogP) is 6.26. The third kappa shape index (κ3) is 4.15. The van der Waals surface area contributed by atoms with Crippen LogP contribution in [0.2, 0.25) is 10.0 Å². The van der Waals surface area contributed by atoms with Crippen LogP contribution in [0.5, 0.6) is 0 Å². The molecule has 12 heteroatoms. The standard InChI is InChI=1S/C23H18Cl2F3N3O3S/c1-11-29-18-15(3-4-16(19(18)33-11)20(32)30-21(2)9-35-10-21)17-8-22(34-31-17,23(26,27)28)12-5-13(24)7-14(25)6-12/h3-7H,8-10H2,1-2H3,(H,30,32). The van der Waals surface area contributed by atoms with Gasteiger partial charge in [0.25, 0.3) is 11.5 Å². The third-order valence-corrected chi connectivity index (χ3v) is 8.10. The number of benzene rings is 2. The second kappa shape index (κ2) is 8.31. The zero-order valence-electron chi connectivity index (χ0n) is 18.4. The summed E-state index contributed by atoms with van der Waals surface area (Å²) >= 11 is 13.7. The summed E-state index contributed by atoms with van der Waals surface area (Å²) in [5.41, 5.74) is -2.45. The van der Waals surface area contributed by atoms with Crippen molar-refractivity contribution in [3.05, 3.63) is 63.0 Å². The summed E-state index contributed by atoms with van der Waals surface area (Å²) in [6, 6.07) is 6.65. The minimum absolute atomic E-state index is 0.00559. The molecule has 1 amide bonds. The average Bonchev–Trinajstić information content (AvgIpc) is 3.35. The molecule has 3 aromatic rings. The predicted molar refractivity (Wildman–Crippen MR) is 128 cm³/mol. The number of nitrogens with one attached hydrogen (secondary N) is 1. The molecule has 5 rings (SSSR count). The molecule has 35 heavy (non-hydrogen) atoms. The monoisotopic (exact) mass is 543 g/mol. The van der Waals surface area contributed by atoms with Crippen molar-refractivity contribution in [3.8, 4) is 0 Å². The molecule has 1 aromatic heterocycles. The molecule has 3 heterocycles. The molecule has 2 aliphatic heterocycles. The van der Waals surface area contributed by atoms with E-state index in [0.717, 1.165) is 23.6 Å². The van der Waals surface area contributed by atoms with Gasteiger partial charge in [-0.2, -0.15) is 24.9 Å². The van der Waals surface area contributed by atoms with E-state index in [0.29, 0.717) is 0 Å². The van der Waals surface area contributed by atoms with Gasteiger partial charge in [0.2, 0.25) is 0 Å². The Morgan fingerprint density at radius 2 is 1.86 bits per heavy atom. The number of aryl methyl sites for hydroxylation is 1. The van der Waals surface area contributed by atoms with Gasteiger partial charge in [-0.1, -0.05) is 28.4 Å². The van der Waals surface area contributed by atoms with Gasteiger partial charge in [0, 0.05) is 39.6 Å². The molecule has 1 unspecified atom stereocenters. The number of hydrogen-bond donors (Lipinski definition) is 1. The Bertz CT molecular complexity index is 1370. The molecule has 1 atom stereocenters. The lowest BCUT2D eigenvalue weighted by Gasteiger charge is -2.38. The number of amides is 1. The van der Waals surface area contributed by atoms with E-state index < -0.39 is 18.2 Å². The molecule has 0 bridgehead atoms. The van der Waals surface area contributed by atoms with Crippen molar-refractivity contribution in [1.29, 1.82) is 0 Å². The van der Waals surface area contributed by atoms with E-state index >= 15 is 0 Å². The molecule has 2 aliphatic rings. The van der Waals surface area contributed by atoms with Crippen LogP contribution in [0.3, 0.4) is 0 Å². The van der Waals surface area contributed by atoms with Crippen LogP contribution in [0, 0.1) is 6.92 Å². The van der Waals surface area contributed by atoms with Gasteiger partial charge in [-0.05, 0) is 37.3 Å². The summed E-state index contributed by atoms with van der Waals surface area (Å²) in [7, 11) is 0. The number of oxazole rings is 1. The zero-order valence-corrected chi connectivity index (χ0v) is 20.8. The van der Waals surface area contributed by atoms with Crippen LogP contribution in [0.1, 0.15) is 40.7 Å². The molecule has 1 fully saturated rings. The number of carbonyl (C=O) groups is 1. The number of carbonyl (C=O) groups excluding carboxylic acids is 1. The molecule has 1 N–H and O–H groups in total. The van der Waals surface area contributed by atoms with E-state index in [2.05, 4.69) is 15.5 Å². The van der Waals surface area contributed by atoms with Crippen molar-refractivity contribution in [2.75, 3.05) is 11.5 Å². The third-order valence-electron chi connectivity index (χ3n) is 5.98. The topological polar surface area (TPSA) is 76.7 Å². The number of rotatable bonds is 4.